The third-order valence-electron chi connectivity index (χ3n) is 3.03. The van der Waals surface area contributed by atoms with E-state index in [1.165, 1.54) is 5.56 Å². The monoisotopic (exact) mass is 251 g/mol. The topological polar surface area (TPSA) is 30.5 Å². The number of methoxy groups -OCH3 is 1. The summed E-state index contributed by atoms with van der Waals surface area (Å²) in [6.45, 7) is 7.95. The molecule has 2 atom stereocenters. The summed E-state index contributed by atoms with van der Waals surface area (Å²) in [4.78, 5) is 0. The molecule has 0 unspecified atom stereocenters. The smallest absolute Gasteiger partial charge is 0.120 e. The van der Waals surface area contributed by atoms with E-state index >= 15 is 0 Å². The number of hydrogen-bond acceptors (Lipinski definition) is 3. The molecule has 0 fully saturated rings. The highest BCUT2D eigenvalue weighted by Crippen LogP contribution is 2.20. The Bertz CT molecular complexity index is 341. The summed E-state index contributed by atoms with van der Waals surface area (Å²) >= 11 is 0. The van der Waals surface area contributed by atoms with E-state index in [1.807, 2.05) is 12.1 Å². The number of hydrogen-bond donors (Lipinski definition) is 1. The Labute approximate surface area is 110 Å². The average Bonchev–Trinajstić information content (AvgIpc) is 2.39. The largest absolute Gasteiger partial charge is 0.491 e. The standard InChI is InChI=1S/C15H25NO2/c1-5-12(2)18-15-8-6-7-14(11-15)13(3)16-9-10-17-4/h6-8,11-13,16H,5,9-10H2,1-4H3/t12-,13+/m1/s1. The lowest BCUT2D eigenvalue weighted by Crippen LogP contribution is -2.22. The first-order valence-electron chi connectivity index (χ1n) is 6.66. The Morgan fingerprint density at radius 2 is 2.06 bits per heavy atom. The second-order valence-corrected chi connectivity index (χ2v) is 4.58. The minimum Gasteiger partial charge on any atom is -0.491 e. The van der Waals surface area contributed by atoms with Crippen molar-refractivity contribution >= 4 is 0 Å². The quantitative estimate of drug-likeness (QED) is 0.720. The molecule has 0 amide bonds. The van der Waals surface area contributed by atoms with Crippen LogP contribution in [0.3, 0.4) is 0 Å². The molecule has 1 aromatic rings. The van der Waals surface area contributed by atoms with Gasteiger partial charge in [0.25, 0.3) is 0 Å². The van der Waals surface area contributed by atoms with E-state index in [1.54, 1.807) is 7.11 Å². The van der Waals surface area contributed by atoms with Gasteiger partial charge in [-0.1, -0.05) is 19.1 Å². The van der Waals surface area contributed by atoms with E-state index in [-0.39, 0.29) is 6.10 Å². The summed E-state index contributed by atoms with van der Waals surface area (Å²) in [7, 11) is 1.72. The predicted octanol–water partition coefficient (Wildman–Crippen LogP) is 3.16. The molecule has 0 radical (unpaired) electrons. The molecule has 0 aliphatic heterocycles. The molecule has 0 aromatic heterocycles. The van der Waals surface area contributed by atoms with Crippen LogP contribution >= 0.6 is 0 Å². The van der Waals surface area contributed by atoms with Crippen molar-refractivity contribution in [2.24, 2.45) is 0 Å². The molecule has 3 nitrogen and oxygen atoms in total. The van der Waals surface area contributed by atoms with Crippen molar-refractivity contribution in [1.29, 1.82) is 0 Å². The molecule has 0 aliphatic carbocycles. The fraction of sp³-hybridized carbons (Fsp3) is 0.600. The van der Waals surface area contributed by atoms with Crippen LogP contribution in [-0.2, 0) is 4.74 Å². The summed E-state index contributed by atoms with van der Waals surface area (Å²) in [5.74, 6) is 0.947. The lowest BCUT2D eigenvalue weighted by molar-refractivity contribution is 0.196. The molecule has 0 bridgehead atoms. The summed E-state index contributed by atoms with van der Waals surface area (Å²) in [5, 5.41) is 3.41. The normalized spacial score (nSPS) is 14.2. The fourth-order valence-corrected chi connectivity index (χ4v) is 1.67. The van der Waals surface area contributed by atoms with Gasteiger partial charge >= 0.3 is 0 Å². The summed E-state index contributed by atoms with van der Waals surface area (Å²) in [6, 6.07) is 8.59. The van der Waals surface area contributed by atoms with Gasteiger partial charge in [0.15, 0.2) is 0 Å². The van der Waals surface area contributed by atoms with Crippen LogP contribution < -0.4 is 10.1 Å². The third-order valence-corrected chi connectivity index (χ3v) is 3.03. The van der Waals surface area contributed by atoms with E-state index in [9.17, 15) is 0 Å². The minimum absolute atomic E-state index is 0.261. The average molecular weight is 251 g/mol. The minimum atomic E-state index is 0.261. The molecule has 18 heavy (non-hydrogen) atoms. The van der Waals surface area contributed by atoms with Gasteiger partial charge in [-0.2, -0.15) is 0 Å². The van der Waals surface area contributed by atoms with Gasteiger partial charge in [-0.25, -0.2) is 0 Å². The van der Waals surface area contributed by atoms with Gasteiger partial charge in [0.2, 0.25) is 0 Å². The van der Waals surface area contributed by atoms with Crippen LogP contribution in [0.2, 0.25) is 0 Å². The van der Waals surface area contributed by atoms with Crippen LogP contribution in [-0.4, -0.2) is 26.4 Å². The van der Waals surface area contributed by atoms with Crippen LogP contribution in [0.5, 0.6) is 5.75 Å². The van der Waals surface area contributed by atoms with E-state index in [2.05, 4.69) is 38.2 Å². The van der Waals surface area contributed by atoms with E-state index in [4.69, 9.17) is 9.47 Å². The number of nitrogens with one attached hydrogen (secondary N) is 1. The summed E-state index contributed by atoms with van der Waals surface area (Å²) < 4.78 is 10.9. The third kappa shape index (κ3) is 5.07. The maximum Gasteiger partial charge on any atom is 0.120 e. The van der Waals surface area contributed by atoms with Crippen LogP contribution in [0, 0.1) is 0 Å². The van der Waals surface area contributed by atoms with Crippen molar-refractivity contribution in [3.63, 3.8) is 0 Å². The molecule has 1 N–H and O–H groups in total. The summed E-state index contributed by atoms with van der Waals surface area (Å²) in [5.41, 5.74) is 1.24. The van der Waals surface area contributed by atoms with Crippen LogP contribution in [0.1, 0.15) is 38.8 Å². The Morgan fingerprint density at radius 1 is 1.28 bits per heavy atom. The second-order valence-electron chi connectivity index (χ2n) is 4.58. The van der Waals surface area contributed by atoms with Gasteiger partial charge in [-0.15, -0.1) is 0 Å². The van der Waals surface area contributed by atoms with Crippen molar-refractivity contribution < 1.29 is 9.47 Å². The van der Waals surface area contributed by atoms with Crippen molar-refractivity contribution in [2.45, 2.75) is 39.3 Å². The first kappa shape index (κ1) is 15.0. The fourth-order valence-electron chi connectivity index (χ4n) is 1.67. The Balaban J connectivity index is 2.57. The van der Waals surface area contributed by atoms with Gasteiger partial charge in [0, 0.05) is 19.7 Å². The summed E-state index contributed by atoms with van der Waals surface area (Å²) in [6.07, 6.45) is 1.28. The second kappa shape index (κ2) is 8.11. The Hall–Kier alpha value is -1.06. The van der Waals surface area contributed by atoms with Crippen molar-refractivity contribution in [1.82, 2.24) is 5.32 Å². The maximum atomic E-state index is 5.83. The van der Waals surface area contributed by atoms with E-state index in [0.29, 0.717) is 6.04 Å². The van der Waals surface area contributed by atoms with E-state index < -0.39 is 0 Å². The molecule has 0 aliphatic rings. The van der Waals surface area contributed by atoms with Crippen LogP contribution in [0.4, 0.5) is 0 Å². The zero-order valence-corrected chi connectivity index (χ0v) is 11.9. The molecular formula is C15H25NO2. The van der Waals surface area contributed by atoms with Crippen LogP contribution in [0.25, 0.3) is 0 Å². The van der Waals surface area contributed by atoms with Crippen molar-refractivity contribution in [3.05, 3.63) is 29.8 Å². The first-order valence-corrected chi connectivity index (χ1v) is 6.66. The molecule has 1 rings (SSSR count). The van der Waals surface area contributed by atoms with Gasteiger partial charge < -0.3 is 14.8 Å². The van der Waals surface area contributed by atoms with Crippen molar-refractivity contribution in [2.75, 3.05) is 20.3 Å². The van der Waals surface area contributed by atoms with Gasteiger partial charge in [0.1, 0.15) is 5.75 Å². The molecule has 0 saturated heterocycles. The number of rotatable bonds is 8. The highest BCUT2D eigenvalue weighted by Gasteiger charge is 2.07. The van der Waals surface area contributed by atoms with E-state index in [0.717, 1.165) is 25.3 Å². The number of ether oxygens (including phenoxy) is 2. The molecule has 0 saturated carbocycles. The molecule has 3 heteroatoms. The van der Waals surface area contributed by atoms with Gasteiger partial charge in [0.05, 0.1) is 12.7 Å². The first-order chi connectivity index (χ1) is 8.67. The molecule has 0 spiro atoms. The highest BCUT2D eigenvalue weighted by atomic mass is 16.5. The zero-order chi connectivity index (χ0) is 13.4. The SMILES string of the molecule is CC[C@@H](C)Oc1cccc([C@H](C)NCCOC)c1. The predicted molar refractivity (Wildman–Crippen MR) is 75.1 cm³/mol. The molecular weight excluding hydrogens is 226 g/mol. The zero-order valence-electron chi connectivity index (χ0n) is 11.9. The van der Waals surface area contributed by atoms with Gasteiger partial charge in [-0.3, -0.25) is 0 Å². The van der Waals surface area contributed by atoms with Gasteiger partial charge in [-0.05, 0) is 38.0 Å². The van der Waals surface area contributed by atoms with Crippen molar-refractivity contribution in [3.8, 4) is 5.75 Å². The Morgan fingerprint density at radius 3 is 2.72 bits per heavy atom. The number of benzene rings is 1. The molecule has 102 valence electrons. The highest BCUT2D eigenvalue weighted by molar-refractivity contribution is 5.30. The molecule has 1 aromatic carbocycles. The van der Waals surface area contributed by atoms with Crippen LogP contribution in [0.15, 0.2) is 24.3 Å². The maximum absolute atomic E-state index is 5.83. The lowest BCUT2D eigenvalue weighted by atomic mass is 10.1. The molecule has 0 heterocycles. The Kier molecular flexibility index (Phi) is 6.76. The lowest BCUT2D eigenvalue weighted by Gasteiger charge is -2.17.